The topological polar surface area (TPSA) is 61.1 Å². The molecule has 3 aromatic rings. The Morgan fingerprint density at radius 2 is 1.96 bits per heavy atom. The summed E-state index contributed by atoms with van der Waals surface area (Å²) in [5.74, 6) is 1.93. The van der Waals surface area contributed by atoms with Gasteiger partial charge in [-0.05, 0) is 24.3 Å². The molecule has 0 amide bonds. The molecule has 3 aromatic heterocycles. The van der Waals surface area contributed by atoms with Crippen LogP contribution in [0.15, 0.2) is 53.9 Å². The summed E-state index contributed by atoms with van der Waals surface area (Å²) in [6, 6.07) is 9.78. The van der Waals surface area contributed by atoms with Crippen molar-refractivity contribution < 1.29 is 0 Å². The molecule has 1 aliphatic heterocycles. The number of nitrogens with one attached hydrogen (secondary N) is 1. The second-order valence-corrected chi connectivity index (χ2v) is 6.84. The molecule has 1 fully saturated rings. The summed E-state index contributed by atoms with van der Waals surface area (Å²) in [5.41, 5.74) is 1.83. The van der Waals surface area contributed by atoms with Crippen molar-refractivity contribution in [3.63, 3.8) is 0 Å². The summed E-state index contributed by atoms with van der Waals surface area (Å²) < 4.78 is 1.94. The van der Waals surface area contributed by atoms with Crippen LogP contribution in [0.4, 0.5) is 5.82 Å². The molecule has 1 saturated heterocycles. The summed E-state index contributed by atoms with van der Waals surface area (Å²) in [6.07, 6.45) is 5.68. The Morgan fingerprint density at radius 1 is 1.14 bits per heavy atom. The van der Waals surface area contributed by atoms with E-state index in [1.807, 2.05) is 54.3 Å². The van der Waals surface area contributed by atoms with Crippen LogP contribution in [-0.2, 0) is 6.54 Å². The molecule has 0 radical (unpaired) electrons. The van der Waals surface area contributed by atoms with E-state index in [0.717, 1.165) is 49.3 Å². The molecule has 7 nitrogen and oxygen atoms in total. The van der Waals surface area contributed by atoms with Gasteiger partial charge in [0, 0.05) is 51.8 Å². The summed E-state index contributed by atoms with van der Waals surface area (Å²) in [4.78, 5) is 18.1. The molecule has 4 heterocycles. The van der Waals surface area contributed by atoms with Crippen LogP contribution in [0, 0.1) is 0 Å². The lowest BCUT2D eigenvalue weighted by atomic mass is 10.3. The minimum absolute atomic E-state index is 0. The number of guanidine groups is 1. The number of hydrogen-bond acceptors (Lipinski definition) is 4. The smallest absolute Gasteiger partial charge is 0.194 e. The molecular formula is C19H23ClIN7. The molecule has 1 N–H and O–H groups in total. The van der Waals surface area contributed by atoms with E-state index in [0.29, 0.717) is 11.6 Å². The SMILES string of the molecule is CN=C(NCc1cn2cc(Cl)ccc2n1)N1CCN(c2ccccn2)CC1.I. The molecule has 0 atom stereocenters. The predicted octanol–water partition coefficient (Wildman–Crippen LogP) is 2.90. The van der Waals surface area contributed by atoms with Gasteiger partial charge in [-0.25, -0.2) is 9.97 Å². The van der Waals surface area contributed by atoms with Crippen LogP contribution in [-0.4, -0.2) is 58.5 Å². The van der Waals surface area contributed by atoms with Crippen LogP contribution in [0.2, 0.25) is 5.02 Å². The van der Waals surface area contributed by atoms with Crippen molar-refractivity contribution in [1.29, 1.82) is 0 Å². The first-order valence-electron chi connectivity index (χ1n) is 8.97. The van der Waals surface area contributed by atoms with Gasteiger partial charge >= 0.3 is 0 Å². The van der Waals surface area contributed by atoms with E-state index in [-0.39, 0.29) is 24.0 Å². The molecule has 9 heteroatoms. The van der Waals surface area contributed by atoms with E-state index in [4.69, 9.17) is 11.6 Å². The highest BCUT2D eigenvalue weighted by Gasteiger charge is 2.20. The fraction of sp³-hybridized carbons (Fsp3) is 0.316. The van der Waals surface area contributed by atoms with Crippen LogP contribution in [0.1, 0.15) is 5.69 Å². The minimum Gasteiger partial charge on any atom is -0.353 e. The van der Waals surface area contributed by atoms with Crippen LogP contribution < -0.4 is 10.2 Å². The maximum absolute atomic E-state index is 6.04. The van der Waals surface area contributed by atoms with Gasteiger partial charge in [-0.3, -0.25) is 4.99 Å². The maximum Gasteiger partial charge on any atom is 0.194 e. The number of imidazole rings is 1. The zero-order valence-corrected chi connectivity index (χ0v) is 18.7. The lowest BCUT2D eigenvalue weighted by Gasteiger charge is -2.37. The molecule has 1 aliphatic rings. The fourth-order valence-electron chi connectivity index (χ4n) is 3.29. The van der Waals surface area contributed by atoms with Gasteiger partial charge in [-0.15, -0.1) is 24.0 Å². The van der Waals surface area contributed by atoms with Gasteiger partial charge in [0.2, 0.25) is 0 Å². The molecule has 28 heavy (non-hydrogen) atoms. The Balaban J connectivity index is 0.00000225. The normalized spacial score (nSPS) is 14.9. The van der Waals surface area contributed by atoms with Crippen molar-refractivity contribution in [2.45, 2.75) is 6.54 Å². The van der Waals surface area contributed by atoms with Crippen molar-refractivity contribution in [2.24, 2.45) is 4.99 Å². The van der Waals surface area contributed by atoms with Gasteiger partial charge in [-0.2, -0.15) is 0 Å². The third-order valence-corrected chi connectivity index (χ3v) is 4.88. The molecule has 4 rings (SSSR count). The average molecular weight is 512 g/mol. The molecular weight excluding hydrogens is 489 g/mol. The number of aliphatic imine (C=N–C) groups is 1. The van der Waals surface area contributed by atoms with Crippen molar-refractivity contribution in [1.82, 2.24) is 24.6 Å². The maximum atomic E-state index is 6.04. The third-order valence-electron chi connectivity index (χ3n) is 4.66. The first-order chi connectivity index (χ1) is 13.2. The predicted molar refractivity (Wildman–Crippen MR) is 124 cm³/mol. The molecule has 0 aliphatic carbocycles. The minimum atomic E-state index is 0. The lowest BCUT2D eigenvalue weighted by molar-refractivity contribution is 0.371. The fourth-order valence-corrected chi connectivity index (χ4v) is 3.46. The summed E-state index contributed by atoms with van der Waals surface area (Å²) in [7, 11) is 1.82. The van der Waals surface area contributed by atoms with E-state index >= 15 is 0 Å². The van der Waals surface area contributed by atoms with Crippen molar-refractivity contribution >= 4 is 53.0 Å². The highest BCUT2D eigenvalue weighted by Crippen LogP contribution is 2.13. The van der Waals surface area contributed by atoms with Crippen molar-refractivity contribution in [2.75, 3.05) is 38.1 Å². The van der Waals surface area contributed by atoms with Gasteiger partial charge in [-0.1, -0.05) is 17.7 Å². The molecule has 0 spiro atoms. The van der Waals surface area contributed by atoms with E-state index in [1.165, 1.54) is 0 Å². The standard InChI is InChI=1S/C19H22ClN7.HI/c1-21-19(23-12-16-14-27-13-15(20)5-6-18(27)24-16)26-10-8-25(9-11-26)17-4-2-3-7-22-17;/h2-7,13-14H,8-12H2,1H3,(H,21,23);1H. The van der Waals surface area contributed by atoms with E-state index in [1.54, 1.807) is 0 Å². The number of anilines is 1. The van der Waals surface area contributed by atoms with Crippen LogP contribution in [0.5, 0.6) is 0 Å². The molecule has 0 aromatic carbocycles. The highest BCUT2D eigenvalue weighted by molar-refractivity contribution is 14.0. The van der Waals surface area contributed by atoms with Gasteiger partial charge in [0.25, 0.3) is 0 Å². The third kappa shape index (κ3) is 4.67. The Hall–Kier alpha value is -2.07. The Kier molecular flexibility index (Phi) is 6.95. The second kappa shape index (κ2) is 9.42. The Morgan fingerprint density at radius 3 is 2.68 bits per heavy atom. The Labute approximate surface area is 186 Å². The average Bonchev–Trinajstić information content (AvgIpc) is 3.11. The van der Waals surface area contributed by atoms with E-state index < -0.39 is 0 Å². The van der Waals surface area contributed by atoms with Gasteiger partial charge in [0.1, 0.15) is 11.5 Å². The number of aromatic nitrogens is 3. The van der Waals surface area contributed by atoms with E-state index in [2.05, 4.69) is 36.1 Å². The molecule has 148 valence electrons. The zero-order chi connectivity index (χ0) is 18.6. The number of pyridine rings is 2. The quantitative estimate of drug-likeness (QED) is 0.333. The number of nitrogens with zero attached hydrogens (tertiary/aromatic N) is 6. The van der Waals surface area contributed by atoms with E-state index in [9.17, 15) is 0 Å². The van der Waals surface area contributed by atoms with Crippen LogP contribution in [0.3, 0.4) is 0 Å². The van der Waals surface area contributed by atoms with Crippen LogP contribution in [0.25, 0.3) is 5.65 Å². The zero-order valence-electron chi connectivity index (χ0n) is 15.6. The largest absolute Gasteiger partial charge is 0.353 e. The monoisotopic (exact) mass is 511 g/mol. The number of halogens is 2. The van der Waals surface area contributed by atoms with Crippen molar-refractivity contribution in [3.05, 3.63) is 59.6 Å². The van der Waals surface area contributed by atoms with Gasteiger partial charge in [0.15, 0.2) is 5.96 Å². The lowest BCUT2D eigenvalue weighted by Crippen LogP contribution is -2.52. The van der Waals surface area contributed by atoms with Crippen LogP contribution >= 0.6 is 35.6 Å². The summed E-state index contributed by atoms with van der Waals surface area (Å²) >= 11 is 6.04. The Bertz CT molecular complexity index is 936. The first kappa shape index (κ1) is 20.7. The summed E-state index contributed by atoms with van der Waals surface area (Å²) in [5, 5.41) is 4.11. The van der Waals surface area contributed by atoms with Gasteiger partial charge in [0.05, 0.1) is 17.3 Å². The molecule has 0 bridgehead atoms. The summed E-state index contributed by atoms with van der Waals surface area (Å²) in [6.45, 7) is 4.26. The highest BCUT2D eigenvalue weighted by atomic mass is 127. The first-order valence-corrected chi connectivity index (χ1v) is 9.35. The number of hydrogen-bond donors (Lipinski definition) is 1. The number of fused-ring (bicyclic) bond motifs is 1. The van der Waals surface area contributed by atoms with Gasteiger partial charge < -0.3 is 19.5 Å². The molecule has 0 saturated carbocycles. The number of rotatable bonds is 3. The molecule has 0 unspecified atom stereocenters. The second-order valence-electron chi connectivity index (χ2n) is 6.41. The number of piperazine rings is 1. The van der Waals surface area contributed by atoms with Crippen molar-refractivity contribution in [3.8, 4) is 0 Å².